The summed E-state index contributed by atoms with van der Waals surface area (Å²) in [4.78, 5) is 2.50. The Morgan fingerprint density at radius 3 is 2.44 bits per heavy atom. The predicted octanol–water partition coefficient (Wildman–Crippen LogP) is 4.90. The summed E-state index contributed by atoms with van der Waals surface area (Å²) in [6.07, 6.45) is 5.45. The van der Waals surface area contributed by atoms with Gasteiger partial charge in [0.2, 0.25) is 0 Å². The van der Waals surface area contributed by atoms with E-state index in [0.717, 1.165) is 17.3 Å². The molecule has 0 radical (unpaired) electrons. The first-order valence-electron chi connectivity index (χ1n) is 7.00. The highest BCUT2D eigenvalue weighted by Crippen LogP contribution is 2.31. The molecular weight excluding hydrogens is 286 g/mol. The molecule has 0 amide bonds. The quantitative estimate of drug-likeness (QED) is 0.717. The predicted molar refractivity (Wildman–Crippen MR) is 83.6 cm³/mol. The first kappa shape index (κ1) is 13.9. The number of halogens is 1. The van der Waals surface area contributed by atoms with Crippen molar-refractivity contribution < 1.29 is 0 Å². The Balaban J connectivity index is 2.11. The van der Waals surface area contributed by atoms with Gasteiger partial charge in [-0.25, -0.2) is 0 Å². The van der Waals surface area contributed by atoms with Gasteiger partial charge in [-0.05, 0) is 55.7 Å². The number of aryl methyl sites for hydroxylation is 1. The Kier molecular flexibility index (Phi) is 4.71. The van der Waals surface area contributed by atoms with Gasteiger partial charge < -0.3 is 4.90 Å². The van der Waals surface area contributed by atoms with Crippen LogP contribution in [0.4, 0.5) is 5.69 Å². The fraction of sp³-hybridized carbons (Fsp3) is 0.625. The monoisotopic (exact) mass is 309 g/mol. The molecule has 1 aliphatic rings. The van der Waals surface area contributed by atoms with E-state index >= 15 is 0 Å². The van der Waals surface area contributed by atoms with Crippen molar-refractivity contribution in [2.75, 3.05) is 11.9 Å². The molecule has 2 rings (SSSR count). The Labute approximate surface area is 120 Å². The second-order valence-electron chi connectivity index (χ2n) is 5.78. The zero-order valence-electron chi connectivity index (χ0n) is 11.7. The van der Waals surface area contributed by atoms with E-state index < -0.39 is 0 Å². The van der Waals surface area contributed by atoms with Crippen LogP contribution in [0.1, 0.15) is 43.7 Å². The molecule has 0 aromatic heterocycles. The van der Waals surface area contributed by atoms with E-state index in [1.54, 1.807) is 0 Å². The molecule has 0 unspecified atom stereocenters. The highest BCUT2D eigenvalue weighted by Gasteiger charge is 2.22. The average molecular weight is 310 g/mol. The second kappa shape index (κ2) is 6.10. The maximum Gasteiger partial charge on any atom is 0.0396 e. The van der Waals surface area contributed by atoms with Crippen LogP contribution in [0.3, 0.4) is 0 Å². The summed E-state index contributed by atoms with van der Waals surface area (Å²) in [6.45, 7) is 4.61. The molecule has 1 fully saturated rings. The lowest BCUT2D eigenvalue weighted by molar-refractivity contribution is 0.340. The first-order valence-corrected chi connectivity index (χ1v) is 8.12. The molecule has 1 aliphatic carbocycles. The minimum absolute atomic E-state index is 0.731. The Morgan fingerprint density at radius 1 is 1.22 bits per heavy atom. The van der Waals surface area contributed by atoms with Crippen molar-refractivity contribution in [2.24, 2.45) is 5.92 Å². The fourth-order valence-electron chi connectivity index (χ4n) is 3.02. The van der Waals surface area contributed by atoms with Gasteiger partial charge in [0, 0.05) is 24.1 Å². The first-order chi connectivity index (χ1) is 8.61. The standard InChI is InChI=1S/C16H24BrN/c1-12-4-7-15(8-5-12)18(3)16-9-6-14(11-17)10-13(16)2/h6,9-10,12,15H,4-5,7-8,11H2,1-3H3. The minimum Gasteiger partial charge on any atom is -0.371 e. The van der Waals surface area contributed by atoms with Crippen LogP contribution in [-0.4, -0.2) is 13.1 Å². The number of hydrogen-bond donors (Lipinski definition) is 0. The topological polar surface area (TPSA) is 3.24 Å². The lowest BCUT2D eigenvalue weighted by Gasteiger charge is -2.36. The molecular formula is C16H24BrN. The normalized spacial score (nSPS) is 24.0. The summed E-state index contributed by atoms with van der Waals surface area (Å²) in [7, 11) is 2.26. The summed E-state index contributed by atoms with van der Waals surface area (Å²) in [5.41, 5.74) is 4.16. The van der Waals surface area contributed by atoms with E-state index in [9.17, 15) is 0 Å². The molecule has 0 N–H and O–H groups in total. The van der Waals surface area contributed by atoms with Crippen molar-refractivity contribution in [1.29, 1.82) is 0 Å². The highest BCUT2D eigenvalue weighted by atomic mass is 79.9. The van der Waals surface area contributed by atoms with Gasteiger partial charge in [-0.3, -0.25) is 0 Å². The number of nitrogens with zero attached hydrogens (tertiary/aromatic N) is 1. The van der Waals surface area contributed by atoms with E-state index in [4.69, 9.17) is 0 Å². The highest BCUT2D eigenvalue weighted by molar-refractivity contribution is 9.08. The molecule has 0 aliphatic heterocycles. The van der Waals surface area contributed by atoms with E-state index in [2.05, 4.69) is 59.9 Å². The molecule has 0 spiro atoms. The zero-order chi connectivity index (χ0) is 13.1. The van der Waals surface area contributed by atoms with E-state index in [-0.39, 0.29) is 0 Å². The van der Waals surface area contributed by atoms with Gasteiger partial charge in [0.15, 0.2) is 0 Å². The Morgan fingerprint density at radius 2 is 1.89 bits per heavy atom. The van der Waals surface area contributed by atoms with Crippen LogP contribution in [0.2, 0.25) is 0 Å². The van der Waals surface area contributed by atoms with Gasteiger partial charge in [-0.15, -0.1) is 0 Å². The van der Waals surface area contributed by atoms with Crippen molar-refractivity contribution in [1.82, 2.24) is 0 Å². The summed E-state index contributed by atoms with van der Waals surface area (Å²) < 4.78 is 0. The van der Waals surface area contributed by atoms with Crippen molar-refractivity contribution in [2.45, 2.75) is 50.9 Å². The molecule has 0 bridgehead atoms. The number of anilines is 1. The second-order valence-corrected chi connectivity index (χ2v) is 6.34. The van der Waals surface area contributed by atoms with Crippen LogP contribution in [-0.2, 0) is 5.33 Å². The summed E-state index contributed by atoms with van der Waals surface area (Å²) in [6, 6.07) is 7.55. The lowest BCUT2D eigenvalue weighted by Crippen LogP contribution is -2.35. The summed E-state index contributed by atoms with van der Waals surface area (Å²) >= 11 is 3.52. The Hall–Kier alpha value is -0.500. The lowest BCUT2D eigenvalue weighted by atomic mass is 9.86. The average Bonchev–Trinajstić information content (AvgIpc) is 2.38. The van der Waals surface area contributed by atoms with Crippen LogP contribution in [0, 0.1) is 12.8 Å². The van der Waals surface area contributed by atoms with Crippen LogP contribution >= 0.6 is 15.9 Å². The van der Waals surface area contributed by atoms with Crippen molar-refractivity contribution in [3.8, 4) is 0 Å². The van der Waals surface area contributed by atoms with Crippen LogP contribution in [0.5, 0.6) is 0 Å². The van der Waals surface area contributed by atoms with Gasteiger partial charge in [0.25, 0.3) is 0 Å². The van der Waals surface area contributed by atoms with Crippen molar-refractivity contribution >= 4 is 21.6 Å². The van der Waals surface area contributed by atoms with E-state index in [1.807, 2.05) is 0 Å². The molecule has 18 heavy (non-hydrogen) atoms. The van der Waals surface area contributed by atoms with Crippen molar-refractivity contribution in [3.63, 3.8) is 0 Å². The molecule has 1 nitrogen and oxygen atoms in total. The van der Waals surface area contributed by atoms with Crippen molar-refractivity contribution in [3.05, 3.63) is 29.3 Å². The molecule has 0 heterocycles. The molecule has 2 heteroatoms. The SMILES string of the molecule is Cc1cc(CBr)ccc1N(C)C1CCC(C)CC1. The smallest absolute Gasteiger partial charge is 0.0396 e. The Bertz CT molecular complexity index is 394. The van der Waals surface area contributed by atoms with Crippen LogP contribution < -0.4 is 4.90 Å². The molecule has 1 aromatic carbocycles. The third-order valence-corrected chi connectivity index (χ3v) is 4.98. The fourth-order valence-corrected chi connectivity index (χ4v) is 3.37. The molecule has 1 saturated carbocycles. The maximum atomic E-state index is 3.52. The number of hydrogen-bond acceptors (Lipinski definition) is 1. The van der Waals surface area contributed by atoms with Gasteiger partial charge in [-0.1, -0.05) is 35.0 Å². The van der Waals surface area contributed by atoms with Crippen LogP contribution in [0.15, 0.2) is 18.2 Å². The van der Waals surface area contributed by atoms with Gasteiger partial charge >= 0.3 is 0 Å². The third kappa shape index (κ3) is 3.09. The molecule has 0 atom stereocenters. The zero-order valence-corrected chi connectivity index (χ0v) is 13.3. The van der Waals surface area contributed by atoms with E-state index in [1.165, 1.54) is 42.5 Å². The number of rotatable bonds is 3. The third-order valence-electron chi connectivity index (χ3n) is 4.33. The molecule has 100 valence electrons. The number of alkyl halides is 1. The molecule has 1 aromatic rings. The van der Waals surface area contributed by atoms with Gasteiger partial charge in [0.1, 0.15) is 0 Å². The number of benzene rings is 1. The molecule has 0 saturated heterocycles. The van der Waals surface area contributed by atoms with Gasteiger partial charge in [0.05, 0.1) is 0 Å². The summed E-state index contributed by atoms with van der Waals surface area (Å²) in [5, 5.41) is 0.943. The maximum absolute atomic E-state index is 3.52. The van der Waals surface area contributed by atoms with Crippen LogP contribution in [0.25, 0.3) is 0 Å². The largest absolute Gasteiger partial charge is 0.371 e. The summed E-state index contributed by atoms with van der Waals surface area (Å²) in [5.74, 6) is 0.923. The van der Waals surface area contributed by atoms with E-state index in [0.29, 0.717) is 0 Å². The van der Waals surface area contributed by atoms with Gasteiger partial charge in [-0.2, -0.15) is 0 Å². The minimum atomic E-state index is 0.731.